The fourth-order valence-corrected chi connectivity index (χ4v) is 3.82. The molecule has 0 bridgehead atoms. The number of nitriles is 1. The lowest BCUT2D eigenvalue weighted by Gasteiger charge is -2.37. The molecule has 2 aromatic carbocycles. The van der Waals surface area contributed by atoms with E-state index in [2.05, 4.69) is 0 Å². The van der Waals surface area contributed by atoms with E-state index < -0.39 is 30.4 Å². The van der Waals surface area contributed by atoms with Gasteiger partial charge >= 0.3 is 5.97 Å². The molecule has 10 nitrogen and oxygen atoms in total. The van der Waals surface area contributed by atoms with Gasteiger partial charge in [-0.2, -0.15) is 5.26 Å². The molecule has 2 N–H and O–H groups in total. The largest absolute Gasteiger partial charge is 0.508 e. The predicted octanol–water partition coefficient (Wildman–Crippen LogP) is 1.31. The van der Waals surface area contributed by atoms with Crippen molar-refractivity contribution in [2.24, 2.45) is 0 Å². The first-order valence-electron chi connectivity index (χ1n) is 11.4. The molecule has 1 atom stereocenters. The van der Waals surface area contributed by atoms with Crippen LogP contribution in [0.2, 0.25) is 0 Å². The number of amides is 2. The normalized spacial score (nSPS) is 14.8. The third-order valence-corrected chi connectivity index (χ3v) is 5.67. The zero-order chi connectivity index (χ0) is 26.1. The number of hydrogen-bond donors (Lipinski definition) is 2. The summed E-state index contributed by atoms with van der Waals surface area (Å²) in [5.74, 6) is -1.42. The average Bonchev–Trinajstić information content (AvgIpc) is 2.88. The third kappa shape index (κ3) is 6.91. The van der Waals surface area contributed by atoms with E-state index in [0.717, 1.165) is 5.56 Å². The van der Waals surface area contributed by atoms with E-state index in [1.165, 1.54) is 40.0 Å². The van der Waals surface area contributed by atoms with E-state index >= 15 is 0 Å². The van der Waals surface area contributed by atoms with Gasteiger partial charge in [-0.05, 0) is 29.3 Å². The van der Waals surface area contributed by atoms with Crippen LogP contribution >= 0.6 is 0 Å². The minimum absolute atomic E-state index is 0.0578. The van der Waals surface area contributed by atoms with Crippen molar-refractivity contribution in [3.8, 4) is 11.8 Å². The number of aromatic hydroxyl groups is 1. The van der Waals surface area contributed by atoms with Crippen LogP contribution < -0.4 is 0 Å². The summed E-state index contributed by atoms with van der Waals surface area (Å²) >= 11 is 0. The van der Waals surface area contributed by atoms with Gasteiger partial charge in [0.1, 0.15) is 23.4 Å². The predicted molar refractivity (Wildman–Crippen MR) is 129 cm³/mol. The maximum absolute atomic E-state index is 13.2. The van der Waals surface area contributed by atoms with Gasteiger partial charge in [0.2, 0.25) is 5.91 Å². The van der Waals surface area contributed by atoms with E-state index in [-0.39, 0.29) is 44.0 Å². The summed E-state index contributed by atoms with van der Waals surface area (Å²) in [7, 11) is 0. The number of aliphatic hydroxyl groups excluding tert-OH is 1. The highest BCUT2D eigenvalue weighted by Gasteiger charge is 2.34. The monoisotopic (exact) mass is 492 g/mol. The highest BCUT2D eigenvalue weighted by molar-refractivity contribution is 6.01. The number of benzene rings is 2. The zero-order valence-electron chi connectivity index (χ0n) is 19.9. The van der Waals surface area contributed by atoms with Gasteiger partial charge in [-0.1, -0.05) is 42.5 Å². The number of hydroxylamine groups is 2. The van der Waals surface area contributed by atoms with Crippen LogP contribution in [-0.2, 0) is 25.8 Å². The minimum Gasteiger partial charge on any atom is -0.508 e. The van der Waals surface area contributed by atoms with Crippen molar-refractivity contribution in [1.29, 1.82) is 5.26 Å². The molecule has 2 amide bonds. The summed E-state index contributed by atoms with van der Waals surface area (Å²) < 4.78 is 0. The van der Waals surface area contributed by atoms with Gasteiger partial charge in [0.25, 0.3) is 5.91 Å². The van der Waals surface area contributed by atoms with Gasteiger partial charge in [-0.3, -0.25) is 14.4 Å². The highest BCUT2D eigenvalue weighted by Crippen LogP contribution is 2.17. The molecule has 0 aliphatic carbocycles. The Labute approximate surface area is 209 Å². The topological polar surface area (TPSA) is 134 Å². The van der Waals surface area contributed by atoms with Crippen LogP contribution in [-0.4, -0.2) is 81.7 Å². The molecule has 1 saturated heterocycles. The van der Waals surface area contributed by atoms with Crippen LogP contribution in [0.5, 0.6) is 5.75 Å². The van der Waals surface area contributed by atoms with Gasteiger partial charge < -0.3 is 24.9 Å². The van der Waals surface area contributed by atoms with E-state index in [0.29, 0.717) is 5.56 Å². The molecule has 1 aliphatic heterocycles. The van der Waals surface area contributed by atoms with Gasteiger partial charge in [0, 0.05) is 33.1 Å². The summed E-state index contributed by atoms with van der Waals surface area (Å²) in [6.07, 6.45) is 1.45. The Morgan fingerprint density at radius 3 is 2.22 bits per heavy atom. The molecule has 0 radical (unpaired) electrons. The first kappa shape index (κ1) is 26.4. The number of nitrogens with zero attached hydrogens (tertiary/aromatic N) is 4. The van der Waals surface area contributed by atoms with Crippen molar-refractivity contribution >= 4 is 23.9 Å². The molecule has 0 aromatic heterocycles. The number of piperazine rings is 1. The van der Waals surface area contributed by atoms with Crippen molar-refractivity contribution < 1.29 is 29.4 Å². The van der Waals surface area contributed by atoms with Crippen LogP contribution in [0.3, 0.4) is 0 Å². The standard InChI is InChI=1S/C26H28N4O6/c1-19(32)36-30(17-21-5-3-2-4-6-21)24(18-31)26(35)29-13-11-28(12-14-29)25(34)22(16-27)15-20-7-9-23(33)10-8-20/h2-10,15,24,31,33H,11-14,17-18H2,1H3/b22-15+/t24-/m1/s1. The average molecular weight is 493 g/mol. The molecule has 2 aromatic rings. The maximum Gasteiger partial charge on any atom is 0.322 e. The number of rotatable bonds is 8. The Morgan fingerprint density at radius 2 is 1.67 bits per heavy atom. The number of carbonyl (C=O) groups excluding carboxylic acids is 3. The number of carbonyl (C=O) groups is 3. The molecular weight excluding hydrogens is 464 g/mol. The first-order chi connectivity index (χ1) is 17.3. The van der Waals surface area contributed by atoms with Crippen molar-refractivity contribution in [3.63, 3.8) is 0 Å². The van der Waals surface area contributed by atoms with Crippen LogP contribution in [0.25, 0.3) is 6.08 Å². The van der Waals surface area contributed by atoms with Gasteiger partial charge in [0.15, 0.2) is 0 Å². The molecule has 3 rings (SSSR count). The summed E-state index contributed by atoms with van der Waals surface area (Å²) in [5, 5.41) is 30.0. The quantitative estimate of drug-likeness (QED) is 0.320. The number of phenolic OH excluding ortho intramolecular Hbond substituents is 1. The van der Waals surface area contributed by atoms with E-state index in [4.69, 9.17) is 4.84 Å². The maximum atomic E-state index is 13.2. The second kappa shape index (κ2) is 12.5. The zero-order valence-corrected chi connectivity index (χ0v) is 19.9. The Balaban J connectivity index is 1.66. The Kier molecular flexibility index (Phi) is 9.16. The van der Waals surface area contributed by atoms with Crippen molar-refractivity contribution in [2.45, 2.75) is 19.5 Å². The van der Waals surface area contributed by atoms with Crippen molar-refractivity contribution in [2.75, 3.05) is 32.8 Å². The number of aliphatic hydroxyl groups is 1. The molecule has 0 spiro atoms. The molecule has 0 unspecified atom stereocenters. The summed E-state index contributed by atoms with van der Waals surface area (Å²) in [6, 6.07) is 16.0. The summed E-state index contributed by atoms with van der Waals surface area (Å²) in [4.78, 5) is 46.0. The summed E-state index contributed by atoms with van der Waals surface area (Å²) in [5.41, 5.74) is 1.34. The lowest BCUT2D eigenvalue weighted by molar-refractivity contribution is -0.210. The first-order valence-corrected chi connectivity index (χ1v) is 11.4. The van der Waals surface area contributed by atoms with Crippen LogP contribution in [0, 0.1) is 11.3 Å². The van der Waals surface area contributed by atoms with E-state index in [1.807, 2.05) is 36.4 Å². The molecule has 188 valence electrons. The van der Waals surface area contributed by atoms with E-state index in [9.17, 15) is 29.9 Å². The van der Waals surface area contributed by atoms with Gasteiger partial charge in [-0.15, -0.1) is 5.06 Å². The number of hydrogen-bond acceptors (Lipinski definition) is 8. The van der Waals surface area contributed by atoms with Gasteiger partial charge in [0.05, 0.1) is 13.2 Å². The highest BCUT2D eigenvalue weighted by atomic mass is 16.7. The molecule has 1 heterocycles. The second-order valence-electron chi connectivity index (χ2n) is 8.22. The van der Waals surface area contributed by atoms with Crippen LogP contribution in [0.15, 0.2) is 60.2 Å². The molecule has 10 heteroatoms. The lowest BCUT2D eigenvalue weighted by Crippen LogP contribution is -2.57. The SMILES string of the molecule is CC(=O)ON(Cc1ccccc1)[C@H](CO)C(=O)N1CCN(C(=O)/C(C#N)=C/c2ccc(O)cc2)CC1. The molecule has 1 fully saturated rings. The lowest BCUT2D eigenvalue weighted by atomic mass is 10.1. The molecule has 0 saturated carbocycles. The van der Waals surface area contributed by atoms with Crippen LogP contribution in [0.4, 0.5) is 0 Å². The third-order valence-electron chi connectivity index (χ3n) is 5.67. The fraction of sp³-hybridized carbons (Fsp3) is 0.308. The fourth-order valence-electron chi connectivity index (χ4n) is 3.82. The Hall–Kier alpha value is -4.20. The van der Waals surface area contributed by atoms with Crippen molar-refractivity contribution in [3.05, 3.63) is 71.3 Å². The Morgan fingerprint density at radius 1 is 1.06 bits per heavy atom. The van der Waals surface area contributed by atoms with Crippen molar-refractivity contribution in [1.82, 2.24) is 14.9 Å². The second-order valence-corrected chi connectivity index (χ2v) is 8.22. The van der Waals surface area contributed by atoms with Gasteiger partial charge in [-0.25, -0.2) is 0 Å². The van der Waals surface area contributed by atoms with Crippen LogP contribution in [0.1, 0.15) is 18.1 Å². The summed E-state index contributed by atoms with van der Waals surface area (Å²) in [6.45, 7) is 1.55. The Bertz CT molecular complexity index is 1140. The smallest absolute Gasteiger partial charge is 0.322 e. The molecule has 36 heavy (non-hydrogen) atoms. The number of phenols is 1. The van der Waals surface area contributed by atoms with E-state index in [1.54, 1.807) is 12.1 Å². The minimum atomic E-state index is -1.11. The molecule has 1 aliphatic rings. The molecular formula is C26H28N4O6.